The summed E-state index contributed by atoms with van der Waals surface area (Å²) in [5.74, 6) is 0.381. The Balaban J connectivity index is 1.50. The Morgan fingerprint density at radius 1 is 1.09 bits per heavy atom. The van der Waals surface area contributed by atoms with E-state index >= 15 is 0 Å². The van der Waals surface area contributed by atoms with Gasteiger partial charge in [-0.3, -0.25) is 14.5 Å². The van der Waals surface area contributed by atoms with Gasteiger partial charge in [-0.1, -0.05) is 47.2 Å². The molecule has 0 unspecified atom stereocenters. The first-order valence-corrected chi connectivity index (χ1v) is 16.3. The Morgan fingerprint density at radius 2 is 1.89 bits per heavy atom. The van der Waals surface area contributed by atoms with Crippen LogP contribution in [0, 0.1) is 0 Å². The van der Waals surface area contributed by atoms with E-state index in [1.807, 2.05) is 99.7 Å². The average molecular weight is 658 g/mol. The predicted octanol–water partition coefficient (Wildman–Crippen LogP) is 6.48. The van der Waals surface area contributed by atoms with Gasteiger partial charge >= 0.3 is 0 Å². The van der Waals surface area contributed by atoms with Crippen LogP contribution in [0.1, 0.15) is 12.5 Å². The normalized spacial score (nSPS) is 16.5. The number of benzene rings is 3. The summed E-state index contributed by atoms with van der Waals surface area (Å²) in [5, 5.41) is 11.2. The lowest BCUT2D eigenvalue weighted by molar-refractivity contribution is -0.122. The zero-order valence-corrected chi connectivity index (χ0v) is 27.7. The fraction of sp³-hybridized carbons (Fsp3) is 0.281. The van der Waals surface area contributed by atoms with E-state index in [1.165, 1.54) is 23.5 Å². The molecule has 0 spiro atoms. The Hall–Kier alpha value is -4.62. The van der Waals surface area contributed by atoms with Crippen molar-refractivity contribution >= 4 is 63.3 Å². The number of likely N-dealkylation sites (N-methyl/N-ethyl adjacent to an activating group) is 1. The summed E-state index contributed by atoms with van der Waals surface area (Å²) in [4.78, 5) is 41.5. The number of thioether (sulfide) groups is 2. The number of fused-ring (bicyclic) bond motifs is 1. The van der Waals surface area contributed by atoms with Gasteiger partial charge in [-0.2, -0.15) is 0 Å². The van der Waals surface area contributed by atoms with E-state index in [2.05, 4.69) is 20.7 Å². The molecule has 0 atom stereocenters. The van der Waals surface area contributed by atoms with Gasteiger partial charge in [0.05, 0.1) is 48.3 Å². The maximum absolute atomic E-state index is 14.2. The van der Waals surface area contributed by atoms with Crippen molar-refractivity contribution in [1.29, 1.82) is 0 Å². The second-order valence-corrected chi connectivity index (χ2v) is 12.7. The van der Waals surface area contributed by atoms with E-state index in [0.29, 0.717) is 40.3 Å². The molecule has 2 aliphatic heterocycles. The zero-order valence-electron chi connectivity index (χ0n) is 26.1. The summed E-state index contributed by atoms with van der Waals surface area (Å²) in [6, 6.07) is 21.1. The van der Waals surface area contributed by atoms with Gasteiger partial charge in [0.15, 0.2) is 5.17 Å². The second-order valence-electron chi connectivity index (χ2n) is 10.6. The van der Waals surface area contributed by atoms with Crippen LogP contribution in [0.4, 0.5) is 22.7 Å². The predicted molar refractivity (Wildman–Crippen MR) is 187 cm³/mol. The largest absolute Gasteiger partial charge is 0.493 e. The highest BCUT2D eigenvalue weighted by Gasteiger charge is 2.39. The van der Waals surface area contributed by atoms with Crippen LogP contribution in [-0.2, 0) is 16.1 Å². The molecule has 3 aromatic carbocycles. The molecule has 0 aromatic heterocycles. The van der Waals surface area contributed by atoms with Crippen LogP contribution < -0.4 is 20.3 Å². The van der Waals surface area contributed by atoms with Crippen LogP contribution >= 0.6 is 23.5 Å². The molecule has 2 N–H and O–H groups in total. The Kier molecular flexibility index (Phi) is 10.8. The molecular formula is C32H35N9O3S2. The van der Waals surface area contributed by atoms with Gasteiger partial charge in [-0.15, -0.1) is 0 Å². The quantitative estimate of drug-likeness (QED) is 0.0742. The lowest BCUT2D eigenvalue weighted by Gasteiger charge is -2.18. The van der Waals surface area contributed by atoms with Crippen LogP contribution in [0.25, 0.3) is 10.4 Å². The molecular weight excluding hydrogens is 623 g/mol. The summed E-state index contributed by atoms with van der Waals surface area (Å²) in [6.45, 7) is 3.79. The number of amides is 2. The molecule has 0 aliphatic carbocycles. The molecule has 2 heterocycles. The molecule has 0 saturated carbocycles. The Bertz CT molecular complexity index is 1720. The van der Waals surface area contributed by atoms with Gasteiger partial charge < -0.3 is 25.2 Å². The number of hydrogen-bond acceptors (Lipinski definition) is 10. The van der Waals surface area contributed by atoms with Crippen LogP contribution in [0.15, 0.2) is 91.7 Å². The summed E-state index contributed by atoms with van der Waals surface area (Å²) >= 11 is 2.86. The number of azide groups is 1. The fourth-order valence-electron chi connectivity index (χ4n) is 4.82. The first-order chi connectivity index (χ1) is 22.3. The molecule has 1 fully saturated rings. The van der Waals surface area contributed by atoms with Gasteiger partial charge in [0, 0.05) is 35.2 Å². The lowest BCUT2D eigenvalue weighted by atomic mass is 10.2. The van der Waals surface area contributed by atoms with Gasteiger partial charge in [0.2, 0.25) is 5.91 Å². The number of anilines is 3. The summed E-state index contributed by atoms with van der Waals surface area (Å²) < 4.78 is 5.76. The number of carbonyl (C=O) groups is 2. The summed E-state index contributed by atoms with van der Waals surface area (Å²) in [7, 11) is 5.61. The number of nitrogens with zero attached hydrogens (tertiary/aromatic N) is 7. The molecule has 46 heavy (non-hydrogen) atoms. The molecule has 0 radical (unpaired) electrons. The van der Waals surface area contributed by atoms with E-state index in [-0.39, 0.29) is 31.5 Å². The van der Waals surface area contributed by atoms with Gasteiger partial charge in [-0.05, 0) is 74.2 Å². The molecule has 12 nitrogen and oxygen atoms in total. The molecule has 5 rings (SSSR count). The Morgan fingerprint density at radius 3 is 2.63 bits per heavy atom. The number of hydrogen-bond donors (Lipinski definition) is 2. The first-order valence-electron chi connectivity index (χ1n) is 14.7. The maximum atomic E-state index is 14.2. The lowest BCUT2D eigenvalue weighted by Crippen LogP contribution is -2.29. The highest BCUT2D eigenvalue weighted by atomic mass is 32.2. The van der Waals surface area contributed by atoms with Crippen LogP contribution in [0.5, 0.6) is 5.75 Å². The van der Waals surface area contributed by atoms with Gasteiger partial charge in [0.1, 0.15) is 10.7 Å². The highest BCUT2D eigenvalue weighted by Crippen LogP contribution is 2.51. The van der Waals surface area contributed by atoms with Crippen molar-refractivity contribution in [3.63, 3.8) is 0 Å². The summed E-state index contributed by atoms with van der Waals surface area (Å²) in [5.41, 5.74) is 12.4. The maximum Gasteiger partial charge on any atom is 0.269 e. The molecule has 238 valence electrons. The highest BCUT2D eigenvalue weighted by molar-refractivity contribution is 8.19. The molecule has 3 aromatic rings. The minimum absolute atomic E-state index is 0.131. The third kappa shape index (κ3) is 7.77. The van der Waals surface area contributed by atoms with Crippen LogP contribution in [0.2, 0.25) is 0 Å². The van der Waals surface area contributed by atoms with E-state index in [4.69, 9.17) is 15.3 Å². The average Bonchev–Trinajstić information content (AvgIpc) is 3.51. The van der Waals surface area contributed by atoms with Crippen molar-refractivity contribution in [2.75, 3.05) is 62.9 Å². The fourth-order valence-corrected chi connectivity index (χ4v) is 7.14. The van der Waals surface area contributed by atoms with Gasteiger partial charge in [0.25, 0.3) is 5.91 Å². The van der Waals surface area contributed by atoms with Crippen molar-refractivity contribution < 1.29 is 14.3 Å². The van der Waals surface area contributed by atoms with E-state index in [9.17, 15) is 9.59 Å². The zero-order chi connectivity index (χ0) is 32.6. The third-order valence-corrected chi connectivity index (χ3v) is 9.32. The Labute approximate surface area is 276 Å². The molecule has 2 aliphatic rings. The third-order valence-electron chi connectivity index (χ3n) is 6.89. The minimum atomic E-state index is -0.138. The molecule has 2 amide bonds. The second kappa shape index (κ2) is 15.1. The standard InChI is InChI=1S/C32H35N9O3S2/c1-5-34-24-13-11-22(36-28(42)20-39(2)3)17-25(24)37-32-41(19-21-9-7-6-8-10-21)30(43)29(46-32)31-40(4)26-18-23(12-14-27(26)45-31)44-16-15-35-38-33/h6-14,17-18,34H,5,15-16,19-20H2,1-4H3,(H,36,42). The number of rotatable bonds is 12. The number of ether oxygens (including phenoxy) is 1. The number of nitrogens with one attached hydrogen (secondary N) is 2. The molecule has 14 heteroatoms. The summed E-state index contributed by atoms with van der Waals surface area (Å²) in [6.07, 6.45) is 0. The van der Waals surface area contributed by atoms with Crippen molar-refractivity contribution in [2.24, 2.45) is 10.1 Å². The topological polar surface area (TPSA) is 138 Å². The number of carbonyl (C=O) groups excluding carboxylic acids is 2. The van der Waals surface area contributed by atoms with Crippen molar-refractivity contribution in [1.82, 2.24) is 9.80 Å². The molecule has 0 bridgehead atoms. The van der Waals surface area contributed by atoms with E-state index in [0.717, 1.165) is 26.9 Å². The minimum Gasteiger partial charge on any atom is -0.493 e. The van der Waals surface area contributed by atoms with Crippen LogP contribution in [-0.4, -0.2) is 74.2 Å². The van der Waals surface area contributed by atoms with Gasteiger partial charge in [-0.25, -0.2) is 4.99 Å². The van der Waals surface area contributed by atoms with E-state index < -0.39 is 0 Å². The first kappa shape index (κ1) is 32.8. The van der Waals surface area contributed by atoms with E-state index in [1.54, 1.807) is 9.80 Å². The number of amidine groups is 1. The SMILES string of the molecule is CCNc1ccc(NC(=O)CN(C)C)cc1N=C1SC(=C2Sc3ccc(OCCN=[N+]=[N-])cc3N2C)C(=O)N1Cc1ccccc1. The monoisotopic (exact) mass is 657 g/mol. The van der Waals surface area contributed by atoms with Crippen molar-refractivity contribution in [2.45, 2.75) is 18.4 Å². The van der Waals surface area contributed by atoms with Crippen LogP contribution in [0.3, 0.4) is 0 Å². The smallest absolute Gasteiger partial charge is 0.269 e. The van der Waals surface area contributed by atoms with Crippen molar-refractivity contribution in [3.05, 3.63) is 92.7 Å². The molecule has 1 saturated heterocycles. The van der Waals surface area contributed by atoms with Crippen molar-refractivity contribution in [3.8, 4) is 5.75 Å². The number of aliphatic imine (C=N–C) groups is 1.